The van der Waals surface area contributed by atoms with Gasteiger partial charge in [-0.1, -0.05) is 6.07 Å². The Hall–Kier alpha value is -3.46. The topological polar surface area (TPSA) is 88.2 Å². The van der Waals surface area contributed by atoms with Gasteiger partial charge in [-0.3, -0.25) is 19.8 Å². The third kappa shape index (κ3) is 3.21. The van der Waals surface area contributed by atoms with Crippen LogP contribution in [0.15, 0.2) is 30.3 Å². The summed E-state index contributed by atoms with van der Waals surface area (Å²) in [6.45, 7) is 4.20. The van der Waals surface area contributed by atoms with E-state index in [0.29, 0.717) is 59.9 Å². The van der Waals surface area contributed by atoms with Crippen LogP contribution in [0, 0.1) is 12.7 Å². The molecule has 5 rings (SSSR count). The maximum atomic E-state index is 14.8. The molecule has 2 aromatic rings. The van der Waals surface area contributed by atoms with Crippen molar-refractivity contribution in [3.05, 3.63) is 58.4 Å². The van der Waals surface area contributed by atoms with Gasteiger partial charge in [-0.15, -0.1) is 0 Å². The number of anilines is 2. The number of carbonyl (C=O) groups excluding carboxylic acids is 3. The van der Waals surface area contributed by atoms with Crippen molar-refractivity contribution in [2.24, 2.45) is 0 Å². The second-order valence-electron chi connectivity index (χ2n) is 7.70. The molecular formula is C22H20FN3O5. The monoisotopic (exact) mass is 425 g/mol. The van der Waals surface area contributed by atoms with Gasteiger partial charge in [0.05, 0.1) is 42.3 Å². The summed E-state index contributed by atoms with van der Waals surface area (Å²) in [5.74, 6) is -1.31. The second-order valence-corrected chi connectivity index (χ2v) is 7.70. The van der Waals surface area contributed by atoms with Crippen molar-refractivity contribution in [2.75, 3.05) is 42.6 Å². The highest BCUT2D eigenvalue weighted by Crippen LogP contribution is 2.35. The summed E-state index contributed by atoms with van der Waals surface area (Å²) in [7, 11) is 0. The smallest absolute Gasteiger partial charge is 0.415 e. The molecule has 3 aliphatic heterocycles. The summed E-state index contributed by atoms with van der Waals surface area (Å²) < 4.78 is 25.6. The average Bonchev–Trinajstić information content (AvgIpc) is 3.28. The summed E-state index contributed by atoms with van der Waals surface area (Å²) in [5, 5.41) is 2.27. The van der Waals surface area contributed by atoms with Crippen LogP contribution < -0.4 is 15.1 Å². The van der Waals surface area contributed by atoms with E-state index in [2.05, 4.69) is 5.32 Å². The number of hydrogen-bond donors (Lipinski definition) is 1. The third-order valence-corrected chi connectivity index (χ3v) is 5.96. The van der Waals surface area contributed by atoms with Crippen molar-refractivity contribution in [2.45, 2.75) is 13.0 Å². The zero-order valence-corrected chi connectivity index (χ0v) is 16.8. The number of ether oxygens (including phenoxy) is 2. The molecule has 2 aromatic carbocycles. The number of rotatable bonds is 3. The number of nitrogens with zero attached hydrogens (tertiary/aromatic N) is 2. The Bertz CT molecular complexity index is 1110. The van der Waals surface area contributed by atoms with Crippen LogP contribution in [0.1, 0.15) is 37.9 Å². The number of imide groups is 1. The van der Waals surface area contributed by atoms with Gasteiger partial charge in [0.25, 0.3) is 11.8 Å². The Morgan fingerprint density at radius 2 is 1.84 bits per heavy atom. The molecule has 9 heteroatoms. The Morgan fingerprint density at radius 1 is 1.06 bits per heavy atom. The number of cyclic esters (lactones) is 1. The zero-order valence-electron chi connectivity index (χ0n) is 16.8. The molecular weight excluding hydrogens is 405 g/mol. The molecule has 31 heavy (non-hydrogen) atoms. The summed E-state index contributed by atoms with van der Waals surface area (Å²) >= 11 is 0. The predicted molar refractivity (Wildman–Crippen MR) is 109 cm³/mol. The van der Waals surface area contributed by atoms with E-state index >= 15 is 0 Å². The van der Waals surface area contributed by atoms with Crippen LogP contribution >= 0.6 is 0 Å². The van der Waals surface area contributed by atoms with Gasteiger partial charge in [0.15, 0.2) is 0 Å². The molecule has 160 valence electrons. The maximum Gasteiger partial charge on any atom is 0.415 e. The molecule has 2 fully saturated rings. The van der Waals surface area contributed by atoms with Crippen LogP contribution in [0.4, 0.5) is 20.6 Å². The standard InChI is InChI=1S/C22H20FN3O5/c1-12-14(3-4-15-19(12)21(28)24-20(15)27)18-11-26(22(29)31-18)13-2-5-17(16(23)10-13)25-6-8-30-9-7-25/h2-5,10,18H,6-9,11H2,1H3,(H,24,27,28)/t18-/m1/s1. The van der Waals surface area contributed by atoms with Crippen molar-refractivity contribution in [3.8, 4) is 0 Å². The van der Waals surface area contributed by atoms with Gasteiger partial charge in [0.1, 0.15) is 11.9 Å². The molecule has 0 aliphatic carbocycles. The zero-order chi connectivity index (χ0) is 21.7. The highest BCUT2D eigenvalue weighted by Gasteiger charge is 2.37. The van der Waals surface area contributed by atoms with Crippen LogP contribution in [0.3, 0.4) is 0 Å². The van der Waals surface area contributed by atoms with Crippen LogP contribution in [0.25, 0.3) is 0 Å². The van der Waals surface area contributed by atoms with Gasteiger partial charge >= 0.3 is 6.09 Å². The first-order valence-corrected chi connectivity index (χ1v) is 10.0. The Morgan fingerprint density at radius 3 is 2.58 bits per heavy atom. The summed E-state index contributed by atoms with van der Waals surface area (Å²) in [6, 6.07) is 7.93. The molecule has 0 radical (unpaired) electrons. The van der Waals surface area contributed by atoms with E-state index in [1.165, 1.54) is 11.0 Å². The number of morpholine rings is 1. The number of benzene rings is 2. The molecule has 0 spiro atoms. The van der Waals surface area contributed by atoms with Gasteiger partial charge in [0.2, 0.25) is 0 Å². The number of halogens is 1. The molecule has 3 heterocycles. The van der Waals surface area contributed by atoms with Crippen molar-refractivity contribution >= 4 is 29.3 Å². The largest absolute Gasteiger partial charge is 0.439 e. The van der Waals surface area contributed by atoms with Gasteiger partial charge < -0.3 is 14.4 Å². The highest BCUT2D eigenvalue weighted by molar-refractivity contribution is 6.22. The van der Waals surface area contributed by atoms with Gasteiger partial charge in [-0.25, -0.2) is 9.18 Å². The Labute approximate surface area is 177 Å². The molecule has 3 amide bonds. The SMILES string of the molecule is Cc1c([C@H]2CN(c3ccc(N4CCOCC4)c(F)c3)C(=O)O2)ccc2c1C(=O)NC2=O. The average molecular weight is 425 g/mol. The third-order valence-electron chi connectivity index (χ3n) is 5.96. The van der Waals surface area contributed by atoms with E-state index in [1.807, 2.05) is 4.90 Å². The molecule has 8 nitrogen and oxygen atoms in total. The van der Waals surface area contributed by atoms with E-state index in [1.54, 1.807) is 31.2 Å². The highest BCUT2D eigenvalue weighted by atomic mass is 19.1. The molecule has 0 saturated carbocycles. The second kappa shape index (κ2) is 7.35. The van der Waals surface area contributed by atoms with Crippen LogP contribution in [0.2, 0.25) is 0 Å². The minimum Gasteiger partial charge on any atom is -0.439 e. The molecule has 0 bridgehead atoms. The predicted octanol–water partition coefficient (Wildman–Crippen LogP) is 2.55. The lowest BCUT2D eigenvalue weighted by atomic mass is 9.95. The van der Waals surface area contributed by atoms with Crippen LogP contribution in [-0.2, 0) is 9.47 Å². The summed E-state index contributed by atoms with van der Waals surface area (Å²) in [6.07, 6.45) is -1.23. The Kier molecular flexibility index (Phi) is 4.62. The molecule has 2 saturated heterocycles. The van der Waals surface area contributed by atoms with E-state index in [4.69, 9.17) is 9.47 Å². The molecule has 1 atom stereocenters. The van der Waals surface area contributed by atoms with Crippen molar-refractivity contribution < 1.29 is 28.2 Å². The number of carbonyl (C=O) groups is 3. The van der Waals surface area contributed by atoms with Crippen molar-refractivity contribution in [3.63, 3.8) is 0 Å². The molecule has 0 unspecified atom stereocenters. The fourth-order valence-electron chi connectivity index (χ4n) is 4.35. The van der Waals surface area contributed by atoms with E-state index in [0.717, 1.165) is 0 Å². The molecule has 3 aliphatic rings. The van der Waals surface area contributed by atoms with Crippen molar-refractivity contribution in [1.82, 2.24) is 5.32 Å². The Balaban J connectivity index is 1.40. The lowest BCUT2D eigenvalue weighted by Crippen LogP contribution is -2.36. The number of nitrogens with one attached hydrogen (secondary N) is 1. The normalized spacial score (nSPS) is 20.7. The quantitative estimate of drug-likeness (QED) is 0.761. The van der Waals surface area contributed by atoms with Crippen LogP contribution in [-0.4, -0.2) is 50.8 Å². The van der Waals surface area contributed by atoms with Gasteiger partial charge in [-0.2, -0.15) is 0 Å². The van der Waals surface area contributed by atoms with E-state index in [9.17, 15) is 18.8 Å². The van der Waals surface area contributed by atoms with Crippen LogP contribution in [0.5, 0.6) is 0 Å². The van der Waals surface area contributed by atoms with Gasteiger partial charge in [-0.05, 0) is 42.3 Å². The minimum atomic E-state index is -0.636. The lowest BCUT2D eigenvalue weighted by molar-refractivity contribution is 0.0879. The van der Waals surface area contributed by atoms with Crippen molar-refractivity contribution in [1.29, 1.82) is 0 Å². The lowest BCUT2D eigenvalue weighted by Gasteiger charge is -2.29. The van der Waals surface area contributed by atoms with E-state index in [-0.39, 0.29) is 6.54 Å². The fourth-order valence-corrected chi connectivity index (χ4v) is 4.35. The number of fused-ring (bicyclic) bond motifs is 1. The number of amides is 3. The fraction of sp³-hybridized carbons (Fsp3) is 0.318. The maximum absolute atomic E-state index is 14.8. The molecule has 0 aromatic heterocycles. The van der Waals surface area contributed by atoms with E-state index < -0.39 is 29.8 Å². The van der Waals surface area contributed by atoms with Gasteiger partial charge in [0, 0.05) is 13.1 Å². The summed E-state index contributed by atoms with van der Waals surface area (Å²) in [5.41, 5.74) is 2.72. The minimum absolute atomic E-state index is 0.171. The first kappa shape index (κ1) is 19.5. The first-order chi connectivity index (χ1) is 14.9. The summed E-state index contributed by atoms with van der Waals surface area (Å²) in [4.78, 5) is 39.8. The first-order valence-electron chi connectivity index (χ1n) is 10.0. The molecule has 1 N–H and O–H groups in total. The number of hydrogen-bond acceptors (Lipinski definition) is 6.